The van der Waals surface area contributed by atoms with E-state index < -0.39 is 0 Å². The Hall–Kier alpha value is 0.220. The smallest absolute Gasteiger partial charge is 0.0208 e. The number of rotatable bonds is 3. The second kappa shape index (κ2) is 5.80. The number of allylic oxidation sites excluding steroid dienone is 2. The van der Waals surface area contributed by atoms with E-state index >= 15 is 0 Å². The van der Waals surface area contributed by atoms with Crippen LogP contribution in [-0.4, -0.2) is 4.83 Å². The topological polar surface area (TPSA) is 0 Å². The highest BCUT2D eigenvalue weighted by molar-refractivity contribution is 9.09. The van der Waals surface area contributed by atoms with Gasteiger partial charge in [-0.3, -0.25) is 0 Å². The van der Waals surface area contributed by atoms with Crippen molar-refractivity contribution in [3.63, 3.8) is 0 Å². The van der Waals surface area contributed by atoms with Crippen molar-refractivity contribution in [1.82, 2.24) is 0 Å². The van der Waals surface area contributed by atoms with Crippen molar-refractivity contribution in [2.24, 2.45) is 5.92 Å². The zero-order chi connectivity index (χ0) is 8.81. The molecule has 0 saturated heterocycles. The first-order valence-corrected chi connectivity index (χ1v) is 6.07. The molecular formula is C11H19Br. The summed E-state index contributed by atoms with van der Waals surface area (Å²) in [7, 11) is 0. The molecule has 0 bridgehead atoms. The highest BCUT2D eigenvalue weighted by Gasteiger charge is 2.16. The Morgan fingerprint density at radius 3 is 3.08 bits per heavy atom. The Kier molecular flexibility index (Phi) is 4.98. The van der Waals surface area contributed by atoms with Gasteiger partial charge in [0.2, 0.25) is 0 Å². The fourth-order valence-corrected chi connectivity index (χ4v) is 2.52. The van der Waals surface area contributed by atoms with Gasteiger partial charge in [0.15, 0.2) is 0 Å². The zero-order valence-electron chi connectivity index (χ0n) is 7.93. The van der Waals surface area contributed by atoms with E-state index in [2.05, 4.69) is 35.0 Å². The van der Waals surface area contributed by atoms with Gasteiger partial charge in [0.1, 0.15) is 0 Å². The molecule has 1 aliphatic carbocycles. The molecule has 12 heavy (non-hydrogen) atoms. The van der Waals surface area contributed by atoms with Crippen molar-refractivity contribution < 1.29 is 0 Å². The Balaban J connectivity index is 2.35. The number of alkyl halides is 1. The second-order valence-electron chi connectivity index (χ2n) is 3.68. The van der Waals surface area contributed by atoms with Gasteiger partial charge in [0, 0.05) is 4.83 Å². The molecule has 0 nitrogen and oxygen atoms in total. The summed E-state index contributed by atoms with van der Waals surface area (Å²) in [5.74, 6) is 0.799. The highest BCUT2D eigenvalue weighted by atomic mass is 79.9. The fourth-order valence-electron chi connectivity index (χ4n) is 1.75. The molecule has 0 aromatic carbocycles. The fraction of sp³-hybridized carbons (Fsp3) is 0.818. The van der Waals surface area contributed by atoms with Crippen LogP contribution in [0.2, 0.25) is 0 Å². The summed E-state index contributed by atoms with van der Waals surface area (Å²) in [6.07, 6.45) is 12.8. The molecule has 0 radical (unpaired) electrons. The Morgan fingerprint density at radius 1 is 1.50 bits per heavy atom. The van der Waals surface area contributed by atoms with Gasteiger partial charge in [-0.15, -0.1) is 0 Å². The summed E-state index contributed by atoms with van der Waals surface area (Å²) in [6, 6.07) is 0. The van der Waals surface area contributed by atoms with Crippen LogP contribution in [0, 0.1) is 5.92 Å². The summed E-state index contributed by atoms with van der Waals surface area (Å²) in [5.41, 5.74) is 0. The molecule has 0 unspecified atom stereocenters. The monoisotopic (exact) mass is 230 g/mol. The Morgan fingerprint density at radius 2 is 2.33 bits per heavy atom. The number of unbranched alkanes of at least 4 members (excludes halogenated alkanes) is 1. The van der Waals surface area contributed by atoms with Gasteiger partial charge >= 0.3 is 0 Å². The van der Waals surface area contributed by atoms with E-state index in [1.54, 1.807) is 0 Å². The van der Waals surface area contributed by atoms with E-state index in [-0.39, 0.29) is 0 Å². The third-order valence-corrected chi connectivity index (χ3v) is 3.73. The van der Waals surface area contributed by atoms with Gasteiger partial charge in [-0.25, -0.2) is 0 Å². The van der Waals surface area contributed by atoms with Crippen LogP contribution in [0.15, 0.2) is 12.2 Å². The highest BCUT2D eigenvalue weighted by Crippen LogP contribution is 2.28. The molecule has 2 atom stereocenters. The number of hydrogen-bond acceptors (Lipinski definition) is 0. The Labute approximate surface area is 84.6 Å². The minimum Gasteiger partial charge on any atom is -0.0884 e. The lowest BCUT2D eigenvalue weighted by Gasteiger charge is -2.16. The average Bonchev–Trinajstić information content (AvgIpc) is 2.27. The molecule has 0 heterocycles. The standard InChI is InChI=1S/C11H19Br/c1-2-3-7-10-8-5-4-6-9-11(10)12/h5,8,10-11H,2-4,6-7,9H2,1H3/t10-,11-/m1/s1. The van der Waals surface area contributed by atoms with Crippen LogP contribution >= 0.6 is 15.9 Å². The molecule has 0 N–H and O–H groups in total. The molecule has 1 rings (SSSR count). The molecular weight excluding hydrogens is 212 g/mol. The van der Waals surface area contributed by atoms with Gasteiger partial charge in [0.25, 0.3) is 0 Å². The molecule has 0 saturated carbocycles. The molecule has 1 heteroatoms. The van der Waals surface area contributed by atoms with Gasteiger partial charge in [-0.2, -0.15) is 0 Å². The molecule has 0 aromatic heterocycles. The van der Waals surface area contributed by atoms with Gasteiger partial charge < -0.3 is 0 Å². The van der Waals surface area contributed by atoms with Gasteiger partial charge in [-0.05, 0) is 31.6 Å². The summed E-state index contributed by atoms with van der Waals surface area (Å²) in [4.78, 5) is 0.739. The van der Waals surface area contributed by atoms with Crippen molar-refractivity contribution in [3.8, 4) is 0 Å². The SMILES string of the molecule is CCCC[C@@H]1C=CCCC[C@H]1Br. The van der Waals surface area contributed by atoms with Gasteiger partial charge in [0.05, 0.1) is 0 Å². The van der Waals surface area contributed by atoms with E-state index in [4.69, 9.17) is 0 Å². The molecule has 0 aromatic rings. The van der Waals surface area contributed by atoms with E-state index in [1.165, 1.54) is 38.5 Å². The maximum absolute atomic E-state index is 3.78. The van der Waals surface area contributed by atoms with Crippen LogP contribution in [0.5, 0.6) is 0 Å². The first kappa shape index (κ1) is 10.3. The lowest BCUT2D eigenvalue weighted by Crippen LogP contribution is -2.10. The first-order chi connectivity index (χ1) is 5.84. The van der Waals surface area contributed by atoms with E-state index in [1.807, 2.05) is 0 Å². The van der Waals surface area contributed by atoms with Crippen molar-refractivity contribution >= 4 is 15.9 Å². The quantitative estimate of drug-likeness (QED) is 0.502. The predicted molar refractivity (Wildman–Crippen MR) is 58.7 cm³/mol. The molecule has 0 amide bonds. The zero-order valence-corrected chi connectivity index (χ0v) is 9.52. The first-order valence-electron chi connectivity index (χ1n) is 5.15. The van der Waals surface area contributed by atoms with Crippen LogP contribution in [0.4, 0.5) is 0 Å². The summed E-state index contributed by atoms with van der Waals surface area (Å²) >= 11 is 3.78. The average molecular weight is 231 g/mol. The van der Waals surface area contributed by atoms with Gasteiger partial charge in [-0.1, -0.05) is 47.8 Å². The lowest BCUT2D eigenvalue weighted by molar-refractivity contribution is 0.522. The number of hydrogen-bond donors (Lipinski definition) is 0. The normalized spacial score (nSPS) is 30.2. The second-order valence-corrected chi connectivity index (χ2v) is 4.86. The number of halogens is 1. The van der Waals surface area contributed by atoms with Crippen molar-refractivity contribution in [2.75, 3.05) is 0 Å². The Bertz CT molecular complexity index is 140. The molecule has 0 fully saturated rings. The largest absolute Gasteiger partial charge is 0.0884 e. The predicted octanol–water partition coefficient (Wildman–Crippen LogP) is 4.30. The minimum absolute atomic E-state index is 0.739. The molecule has 70 valence electrons. The summed E-state index contributed by atoms with van der Waals surface area (Å²) < 4.78 is 0. The molecule has 0 aliphatic heterocycles. The minimum atomic E-state index is 0.739. The maximum Gasteiger partial charge on any atom is 0.0208 e. The van der Waals surface area contributed by atoms with E-state index in [0.29, 0.717) is 0 Å². The van der Waals surface area contributed by atoms with Crippen LogP contribution in [0.25, 0.3) is 0 Å². The van der Waals surface area contributed by atoms with Crippen LogP contribution < -0.4 is 0 Å². The van der Waals surface area contributed by atoms with Crippen molar-refractivity contribution in [3.05, 3.63) is 12.2 Å². The van der Waals surface area contributed by atoms with E-state index in [9.17, 15) is 0 Å². The van der Waals surface area contributed by atoms with E-state index in [0.717, 1.165) is 10.7 Å². The lowest BCUT2D eigenvalue weighted by atomic mass is 9.97. The summed E-state index contributed by atoms with van der Waals surface area (Å²) in [6.45, 7) is 2.27. The van der Waals surface area contributed by atoms with Crippen molar-refractivity contribution in [2.45, 2.75) is 50.3 Å². The molecule has 1 aliphatic rings. The van der Waals surface area contributed by atoms with Crippen LogP contribution in [0.3, 0.4) is 0 Å². The third kappa shape index (κ3) is 3.30. The summed E-state index contributed by atoms with van der Waals surface area (Å²) in [5, 5.41) is 0. The van der Waals surface area contributed by atoms with Crippen LogP contribution in [0.1, 0.15) is 45.4 Å². The molecule has 0 spiro atoms. The van der Waals surface area contributed by atoms with Crippen molar-refractivity contribution in [1.29, 1.82) is 0 Å². The van der Waals surface area contributed by atoms with Crippen LogP contribution in [-0.2, 0) is 0 Å². The maximum atomic E-state index is 3.78. The third-order valence-electron chi connectivity index (χ3n) is 2.59.